The standard InChI is InChI=1S/C11H22N2O3/c1-8(10(15)13(5)16-6)12-9(14)7-11(2,3)4/h8H,7H2,1-6H3,(H,12,14)/t8-/m0/s1. The number of hydrogen-bond donors (Lipinski definition) is 1. The Balaban J connectivity index is 4.20. The van der Waals surface area contributed by atoms with E-state index in [0.717, 1.165) is 5.06 Å². The first-order chi connectivity index (χ1) is 7.17. The van der Waals surface area contributed by atoms with Gasteiger partial charge in [-0.25, -0.2) is 5.06 Å². The monoisotopic (exact) mass is 230 g/mol. The molecule has 1 N–H and O–H groups in total. The summed E-state index contributed by atoms with van der Waals surface area (Å²) in [6.45, 7) is 7.56. The summed E-state index contributed by atoms with van der Waals surface area (Å²) in [6, 6.07) is -0.570. The van der Waals surface area contributed by atoms with Crippen molar-refractivity contribution in [1.29, 1.82) is 0 Å². The maximum atomic E-state index is 11.6. The van der Waals surface area contributed by atoms with Crippen LogP contribution in [0.4, 0.5) is 0 Å². The van der Waals surface area contributed by atoms with E-state index in [1.165, 1.54) is 14.2 Å². The van der Waals surface area contributed by atoms with Crippen molar-refractivity contribution in [1.82, 2.24) is 10.4 Å². The SMILES string of the molecule is CON(C)C(=O)[C@H](C)NC(=O)CC(C)(C)C. The molecule has 0 saturated heterocycles. The van der Waals surface area contributed by atoms with Gasteiger partial charge in [-0.15, -0.1) is 0 Å². The molecule has 0 aromatic rings. The van der Waals surface area contributed by atoms with Gasteiger partial charge in [-0.1, -0.05) is 20.8 Å². The number of hydrogen-bond acceptors (Lipinski definition) is 3. The fraction of sp³-hybridized carbons (Fsp3) is 0.818. The van der Waals surface area contributed by atoms with Crippen LogP contribution in [0.15, 0.2) is 0 Å². The van der Waals surface area contributed by atoms with E-state index in [9.17, 15) is 9.59 Å². The Hall–Kier alpha value is -1.10. The molecule has 1 atom stereocenters. The molecular formula is C11H22N2O3. The lowest BCUT2D eigenvalue weighted by molar-refractivity contribution is -0.171. The Bertz CT molecular complexity index is 258. The van der Waals surface area contributed by atoms with Crippen LogP contribution in [0.1, 0.15) is 34.1 Å². The van der Waals surface area contributed by atoms with Crippen molar-refractivity contribution in [2.75, 3.05) is 14.2 Å². The predicted molar refractivity (Wildman–Crippen MR) is 61.5 cm³/mol. The van der Waals surface area contributed by atoms with Crippen LogP contribution >= 0.6 is 0 Å². The number of likely N-dealkylation sites (N-methyl/N-ethyl adjacent to an activating group) is 1. The van der Waals surface area contributed by atoms with Crippen LogP contribution < -0.4 is 5.32 Å². The molecule has 0 aromatic carbocycles. The molecule has 0 heterocycles. The number of hydroxylamine groups is 2. The van der Waals surface area contributed by atoms with Gasteiger partial charge >= 0.3 is 0 Å². The van der Waals surface area contributed by atoms with Crippen molar-refractivity contribution in [3.8, 4) is 0 Å². The van der Waals surface area contributed by atoms with Gasteiger partial charge in [-0.2, -0.15) is 0 Å². The van der Waals surface area contributed by atoms with Crippen molar-refractivity contribution in [3.05, 3.63) is 0 Å². The molecule has 16 heavy (non-hydrogen) atoms. The van der Waals surface area contributed by atoms with Gasteiger partial charge in [0.15, 0.2) is 0 Å². The summed E-state index contributed by atoms with van der Waals surface area (Å²) in [5.74, 6) is -0.400. The van der Waals surface area contributed by atoms with Crippen molar-refractivity contribution < 1.29 is 14.4 Å². The normalized spacial score (nSPS) is 13.1. The van der Waals surface area contributed by atoms with Gasteiger partial charge in [0.25, 0.3) is 5.91 Å². The van der Waals surface area contributed by atoms with Crippen molar-refractivity contribution in [3.63, 3.8) is 0 Å². The molecule has 0 rings (SSSR count). The van der Waals surface area contributed by atoms with Crippen LogP contribution in [0.25, 0.3) is 0 Å². The highest BCUT2D eigenvalue weighted by atomic mass is 16.7. The summed E-state index contributed by atoms with van der Waals surface area (Å²) in [7, 11) is 2.91. The smallest absolute Gasteiger partial charge is 0.268 e. The molecule has 0 aromatic heterocycles. The second-order valence-electron chi connectivity index (χ2n) is 5.04. The molecule has 0 bridgehead atoms. The second kappa shape index (κ2) is 5.84. The molecule has 0 fully saturated rings. The molecule has 0 aliphatic rings. The lowest BCUT2D eigenvalue weighted by Gasteiger charge is -2.22. The van der Waals surface area contributed by atoms with E-state index < -0.39 is 6.04 Å². The lowest BCUT2D eigenvalue weighted by atomic mass is 9.92. The molecule has 2 amide bonds. The molecular weight excluding hydrogens is 208 g/mol. The number of carbonyl (C=O) groups is 2. The van der Waals surface area contributed by atoms with Gasteiger partial charge in [-0.05, 0) is 12.3 Å². The average Bonchev–Trinajstić information content (AvgIpc) is 2.12. The van der Waals surface area contributed by atoms with E-state index in [1.807, 2.05) is 20.8 Å². The van der Waals surface area contributed by atoms with Crippen molar-refractivity contribution in [2.24, 2.45) is 5.41 Å². The molecule has 5 heteroatoms. The van der Waals surface area contributed by atoms with Crippen LogP contribution in [0.3, 0.4) is 0 Å². The third kappa shape index (κ3) is 5.70. The zero-order chi connectivity index (χ0) is 12.9. The minimum absolute atomic E-state index is 0.0833. The van der Waals surface area contributed by atoms with Crippen LogP contribution in [-0.2, 0) is 14.4 Å². The molecule has 0 aliphatic heterocycles. The highest BCUT2D eigenvalue weighted by molar-refractivity contribution is 5.86. The number of nitrogens with zero attached hydrogens (tertiary/aromatic N) is 1. The summed E-state index contributed by atoms with van der Waals surface area (Å²) in [4.78, 5) is 27.9. The van der Waals surface area contributed by atoms with E-state index in [0.29, 0.717) is 6.42 Å². The van der Waals surface area contributed by atoms with E-state index in [1.54, 1.807) is 6.92 Å². The fourth-order valence-electron chi connectivity index (χ4n) is 1.20. The zero-order valence-electron chi connectivity index (χ0n) is 11.0. The maximum Gasteiger partial charge on any atom is 0.268 e. The van der Waals surface area contributed by atoms with Crippen molar-refractivity contribution in [2.45, 2.75) is 40.2 Å². The maximum absolute atomic E-state index is 11.6. The highest BCUT2D eigenvalue weighted by Crippen LogP contribution is 2.17. The van der Waals surface area contributed by atoms with E-state index in [4.69, 9.17) is 4.84 Å². The molecule has 0 spiro atoms. The Morgan fingerprint density at radius 1 is 1.38 bits per heavy atom. The van der Waals surface area contributed by atoms with Gasteiger partial charge in [0.2, 0.25) is 5.91 Å². The van der Waals surface area contributed by atoms with Gasteiger partial charge in [0.05, 0.1) is 7.11 Å². The zero-order valence-corrected chi connectivity index (χ0v) is 11.0. The quantitative estimate of drug-likeness (QED) is 0.731. The number of carbonyl (C=O) groups excluding carboxylic acids is 2. The summed E-state index contributed by atoms with van der Waals surface area (Å²) in [5, 5.41) is 3.74. The molecule has 5 nitrogen and oxygen atoms in total. The molecule has 0 saturated carbocycles. The van der Waals surface area contributed by atoms with E-state index >= 15 is 0 Å². The van der Waals surface area contributed by atoms with Crippen LogP contribution in [0, 0.1) is 5.41 Å². The van der Waals surface area contributed by atoms with Gasteiger partial charge in [0.1, 0.15) is 6.04 Å². The molecule has 0 radical (unpaired) electrons. The first-order valence-electron chi connectivity index (χ1n) is 5.28. The Morgan fingerprint density at radius 2 is 1.88 bits per heavy atom. The number of amides is 2. The Labute approximate surface area is 97.1 Å². The minimum atomic E-state index is -0.570. The van der Waals surface area contributed by atoms with Crippen molar-refractivity contribution >= 4 is 11.8 Å². The Kier molecular flexibility index (Phi) is 5.44. The predicted octanol–water partition coefficient (Wildman–Crippen LogP) is 0.947. The van der Waals surface area contributed by atoms with Gasteiger partial charge in [0, 0.05) is 13.5 Å². The number of nitrogens with one attached hydrogen (secondary N) is 1. The van der Waals surface area contributed by atoms with E-state index in [-0.39, 0.29) is 17.2 Å². The van der Waals surface area contributed by atoms with Gasteiger partial charge < -0.3 is 5.32 Å². The molecule has 0 aliphatic carbocycles. The van der Waals surface area contributed by atoms with Crippen LogP contribution in [0.5, 0.6) is 0 Å². The lowest BCUT2D eigenvalue weighted by Crippen LogP contribution is -2.45. The topological polar surface area (TPSA) is 58.6 Å². The third-order valence-electron chi connectivity index (χ3n) is 2.02. The third-order valence-corrected chi connectivity index (χ3v) is 2.02. The first-order valence-corrected chi connectivity index (χ1v) is 5.28. The highest BCUT2D eigenvalue weighted by Gasteiger charge is 2.22. The molecule has 0 unspecified atom stereocenters. The second-order valence-corrected chi connectivity index (χ2v) is 5.04. The van der Waals surface area contributed by atoms with Crippen LogP contribution in [0.2, 0.25) is 0 Å². The summed E-state index contributed by atoms with van der Waals surface area (Å²) < 4.78 is 0. The van der Waals surface area contributed by atoms with E-state index in [2.05, 4.69) is 5.32 Å². The first kappa shape index (κ1) is 14.9. The van der Waals surface area contributed by atoms with Gasteiger partial charge in [-0.3, -0.25) is 14.4 Å². The molecule has 94 valence electrons. The minimum Gasteiger partial charge on any atom is -0.344 e. The Morgan fingerprint density at radius 3 is 2.25 bits per heavy atom. The fourth-order valence-corrected chi connectivity index (χ4v) is 1.20. The largest absolute Gasteiger partial charge is 0.344 e. The summed E-state index contributed by atoms with van der Waals surface area (Å²) in [6.07, 6.45) is 0.390. The summed E-state index contributed by atoms with van der Waals surface area (Å²) in [5.41, 5.74) is -0.0833. The van der Waals surface area contributed by atoms with Crippen LogP contribution in [-0.4, -0.2) is 37.1 Å². The number of rotatable bonds is 4. The summed E-state index contributed by atoms with van der Waals surface area (Å²) >= 11 is 0. The average molecular weight is 230 g/mol.